The Morgan fingerprint density at radius 2 is 2.04 bits per heavy atom. The van der Waals surface area contributed by atoms with Gasteiger partial charge in [0, 0.05) is 28.0 Å². The highest BCUT2D eigenvalue weighted by Crippen LogP contribution is 2.34. The number of imidazole rings is 1. The number of aromatic nitrogens is 2. The smallest absolute Gasteiger partial charge is 0.367 e. The first-order valence-electron chi connectivity index (χ1n) is 8.28. The first kappa shape index (κ1) is 18.8. The molecule has 3 nitrogen and oxygen atoms in total. The van der Waals surface area contributed by atoms with Gasteiger partial charge in [0.25, 0.3) is 0 Å². The Bertz CT molecular complexity index is 1070. The number of ether oxygens (including phenoxy) is 1. The van der Waals surface area contributed by atoms with E-state index in [9.17, 15) is 0 Å². The Morgan fingerprint density at radius 3 is 2.81 bits per heavy atom. The number of rotatable bonds is 6. The van der Waals surface area contributed by atoms with Crippen LogP contribution in [0.25, 0.3) is 10.1 Å². The van der Waals surface area contributed by atoms with E-state index in [0.717, 1.165) is 26.2 Å². The van der Waals surface area contributed by atoms with E-state index in [2.05, 4.69) is 16.4 Å². The largest absolute Gasteiger partial charge is 1.00 e. The molecule has 2 aromatic heterocycles. The molecule has 27 heavy (non-hydrogen) atoms. The van der Waals surface area contributed by atoms with Gasteiger partial charge >= 0.3 is 1.43 Å². The molecular weight excluding hydrogens is 423 g/mol. The highest BCUT2D eigenvalue weighted by atomic mass is 35.5. The van der Waals surface area contributed by atoms with Crippen molar-refractivity contribution in [1.82, 2.24) is 9.55 Å². The van der Waals surface area contributed by atoms with Gasteiger partial charge in [-0.3, -0.25) is 0 Å². The third kappa shape index (κ3) is 4.15. The minimum atomic E-state index is -0.238. The number of fused-ring (bicyclic) bond motifs is 1. The van der Waals surface area contributed by atoms with E-state index < -0.39 is 0 Å². The lowest BCUT2D eigenvalue weighted by Gasteiger charge is -2.20. The van der Waals surface area contributed by atoms with E-state index in [0.29, 0.717) is 23.2 Å². The van der Waals surface area contributed by atoms with Crippen LogP contribution >= 0.6 is 46.1 Å². The molecule has 4 rings (SSSR count). The zero-order chi connectivity index (χ0) is 18.8. The molecule has 0 aliphatic carbocycles. The normalized spacial score (nSPS) is 12.6. The second-order valence-corrected chi connectivity index (χ2v) is 8.23. The van der Waals surface area contributed by atoms with Crippen LogP contribution in [0.5, 0.6) is 0 Å². The van der Waals surface area contributed by atoms with Crippen molar-refractivity contribution >= 4 is 56.2 Å². The highest BCUT2D eigenvalue weighted by Gasteiger charge is 2.18. The molecule has 0 bridgehead atoms. The summed E-state index contributed by atoms with van der Waals surface area (Å²) >= 11 is 20.4. The van der Waals surface area contributed by atoms with Crippen LogP contribution in [0.15, 0.2) is 60.5 Å². The summed E-state index contributed by atoms with van der Waals surface area (Å²) in [4.78, 5) is 4.11. The lowest BCUT2D eigenvalue weighted by molar-refractivity contribution is 0.0288. The molecule has 0 unspecified atom stereocenters. The Balaban J connectivity index is 0.00000225. The van der Waals surface area contributed by atoms with Crippen molar-refractivity contribution in [3.05, 3.63) is 86.7 Å². The fourth-order valence-electron chi connectivity index (χ4n) is 2.97. The number of halogens is 3. The van der Waals surface area contributed by atoms with Crippen LogP contribution in [0, 0.1) is 0 Å². The van der Waals surface area contributed by atoms with Gasteiger partial charge in [-0.15, -0.1) is 11.3 Å². The van der Waals surface area contributed by atoms with Crippen molar-refractivity contribution in [3.63, 3.8) is 0 Å². The van der Waals surface area contributed by atoms with Crippen LogP contribution in [0.1, 0.15) is 18.7 Å². The first-order chi connectivity index (χ1) is 13.1. The molecule has 0 aliphatic heterocycles. The summed E-state index contributed by atoms with van der Waals surface area (Å²) < 4.78 is 9.35. The summed E-state index contributed by atoms with van der Waals surface area (Å²) in [7, 11) is 0. The number of thiophene rings is 1. The van der Waals surface area contributed by atoms with Gasteiger partial charge in [0.2, 0.25) is 0 Å². The molecular formula is C20H16Cl3N2OS+. The minimum Gasteiger partial charge on any atom is -0.367 e. The van der Waals surface area contributed by atoms with Crippen molar-refractivity contribution in [2.24, 2.45) is 0 Å². The van der Waals surface area contributed by atoms with Crippen LogP contribution in [-0.4, -0.2) is 9.55 Å². The Kier molecular flexibility index (Phi) is 5.71. The molecule has 0 radical (unpaired) electrons. The van der Waals surface area contributed by atoms with Crippen LogP contribution in [0.2, 0.25) is 15.1 Å². The Hall–Kier alpha value is -1.56. The second kappa shape index (κ2) is 8.21. The zero-order valence-corrected chi connectivity index (χ0v) is 17.2. The van der Waals surface area contributed by atoms with Gasteiger partial charge in [-0.25, -0.2) is 4.98 Å². The van der Waals surface area contributed by atoms with Crippen molar-refractivity contribution in [2.75, 3.05) is 0 Å². The molecule has 0 N–H and O–H groups in total. The van der Waals surface area contributed by atoms with Crippen molar-refractivity contribution in [1.29, 1.82) is 0 Å². The van der Waals surface area contributed by atoms with Crippen molar-refractivity contribution in [2.45, 2.75) is 19.3 Å². The average Bonchev–Trinajstić information content (AvgIpc) is 3.29. The highest BCUT2D eigenvalue weighted by molar-refractivity contribution is 7.18. The summed E-state index contributed by atoms with van der Waals surface area (Å²) in [5.74, 6) is 0. The number of hydrogen-bond donors (Lipinski definition) is 0. The van der Waals surface area contributed by atoms with Gasteiger partial charge in [0.15, 0.2) is 0 Å². The van der Waals surface area contributed by atoms with Gasteiger partial charge in [-0.05, 0) is 34.5 Å². The van der Waals surface area contributed by atoms with Gasteiger partial charge in [0.05, 0.1) is 29.2 Å². The molecule has 138 valence electrons. The van der Waals surface area contributed by atoms with E-state index in [1.165, 1.54) is 0 Å². The predicted octanol–water partition coefficient (Wildman–Crippen LogP) is 7.13. The van der Waals surface area contributed by atoms with E-state index in [-0.39, 0.29) is 7.53 Å². The van der Waals surface area contributed by atoms with Crippen LogP contribution < -0.4 is 0 Å². The summed E-state index contributed by atoms with van der Waals surface area (Å²) in [6, 6.07) is 11.4. The first-order valence-corrected chi connectivity index (χ1v) is 10.3. The van der Waals surface area contributed by atoms with E-state index in [4.69, 9.17) is 39.5 Å². The predicted molar refractivity (Wildman–Crippen MR) is 114 cm³/mol. The fourth-order valence-corrected chi connectivity index (χ4v) is 4.77. The third-order valence-corrected chi connectivity index (χ3v) is 6.38. The molecule has 4 aromatic rings. The van der Waals surface area contributed by atoms with Gasteiger partial charge in [-0.1, -0.05) is 53.0 Å². The third-order valence-electron chi connectivity index (χ3n) is 4.32. The second-order valence-electron chi connectivity index (χ2n) is 6.10. The molecule has 0 saturated carbocycles. The lowest BCUT2D eigenvalue weighted by Crippen LogP contribution is -2.12. The van der Waals surface area contributed by atoms with Gasteiger partial charge in [0.1, 0.15) is 6.10 Å². The molecule has 0 saturated heterocycles. The monoisotopic (exact) mass is 437 g/mol. The molecule has 0 spiro atoms. The number of hydrogen-bond acceptors (Lipinski definition) is 3. The summed E-state index contributed by atoms with van der Waals surface area (Å²) in [6.45, 7) is 1.06. The maximum atomic E-state index is 6.44. The standard InChI is InChI=1S/C20H15Cl3N2OS/c21-14-4-5-16(18(23)8-14)19(9-25-7-6-24-12-25)26-10-13-11-27-20-15(13)2-1-3-17(20)22/h1-8,11-12,19H,9-10H2/p+1/t19-/m1/s1. The van der Waals surface area contributed by atoms with Gasteiger partial charge < -0.3 is 9.30 Å². The molecule has 0 amide bonds. The SMILES string of the molecule is Clc1ccc([C@@H](Cn2ccnc2)OCc2csc3c(Cl)cccc23)c(Cl)c1.[H+]. The molecule has 2 aromatic carbocycles. The van der Waals surface area contributed by atoms with Crippen LogP contribution in [0.3, 0.4) is 0 Å². The number of nitrogens with zero attached hydrogens (tertiary/aromatic N) is 2. The minimum absolute atomic E-state index is 0. The molecule has 0 aliphatic rings. The maximum absolute atomic E-state index is 6.44. The Morgan fingerprint density at radius 1 is 1.15 bits per heavy atom. The molecule has 1 atom stereocenters. The summed E-state index contributed by atoms with van der Waals surface area (Å²) in [5, 5.41) is 5.17. The van der Waals surface area contributed by atoms with E-state index in [1.54, 1.807) is 29.9 Å². The quantitative estimate of drug-likeness (QED) is 0.320. The topological polar surface area (TPSA) is 27.1 Å². The van der Waals surface area contributed by atoms with Crippen LogP contribution in [0.4, 0.5) is 0 Å². The van der Waals surface area contributed by atoms with E-state index in [1.807, 2.05) is 35.0 Å². The van der Waals surface area contributed by atoms with Crippen molar-refractivity contribution < 1.29 is 6.16 Å². The van der Waals surface area contributed by atoms with Crippen molar-refractivity contribution in [3.8, 4) is 0 Å². The van der Waals surface area contributed by atoms with Crippen LogP contribution in [-0.2, 0) is 17.9 Å². The van der Waals surface area contributed by atoms with E-state index >= 15 is 0 Å². The Labute approximate surface area is 177 Å². The lowest BCUT2D eigenvalue weighted by atomic mass is 10.1. The zero-order valence-electron chi connectivity index (χ0n) is 15.1. The number of benzene rings is 2. The average molecular weight is 439 g/mol. The molecule has 7 heteroatoms. The molecule has 0 fully saturated rings. The summed E-state index contributed by atoms with van der Waals surface area (Å²) in [6.07, 6.45) is 5.17. The molecule has 2 heterocycles. The summed E-state index contributed by atoms with van der Waals surface area (Å²) in [5.41, 5.74) is 2.01. The maximum Gasteiger partial charge on any atom is 1.00 e. The van der Waals surface area contributed by atoms with Gasteiger partial charge in [-0.2, -0.15) is 0 Å². The fraction of sp³-hybridized carbons (Fsp3) is 0.150.